The third kappa shape index (κ3) is 4.00. The predicted octanol–water partition coefficient (Wildman–Crippen LogP) is 0.861. The summed E-state index contributed by atoms with van der Waals surface area (Å²) in [6, 6.07) is 9.04. The number of hydrogen-bond acceptors (Lipinski definition) is 4. The molecular weight excluding hydrogens is 274 g/mol. The lowest BCUT2D eigenvalue weighted by atomic mass is 10.1. The number of aromatic nitrogens is 1. The molecule has 2 rings (SSSR count). The molecule has 7 heteroatoms. The molecule has 0 atom stereocenters. The zero-order valence-corrected chi connectivity index (χ0v) is 11.0. The fourth-order valence-electron chi connectivity index (χ4n) is 1.68. The third-order valence-corrected chi connectivity index (χ3v) is 2.74. The smallest absolute Gasteiger partial charge is 0.303 e. The molecule has 7 nitrogen and oxygen atoms in total. The van der Waals surface area contributed by atoms with Gasteiger partial charge in [0.2, 0.25) is 5.91 Å². The van der Waals surface area contributed by atoms with Gasteiger partial charge in [-0.05, 0) is 11.5 Å². The molecule has 0 spiro atoms. The summed E-state index contributed by atoms with van der Waals surface area (Å²) in [5.41, 5.74) is 4.50. The van der Waals surface area contributed by atoms with Gasteiger partial charge in [-0.2, -0.15) is 0 Å². The number of carboxylic acids is 1. The van der Waals surface area contributed by atoms with Gasteiger partial charge >= 0.3 is 5.97 Å². The Labute approximate surface area is 120 Å². The number of aliphatic carboxylic acids is 1. The molecule has 0 aliphatic rings. The fourth-order valence-corrected chi connectivity index (χ4v) is 1.68. The Balaban J connectivity index is 1.95. The van der Waals surface area contributed by atoms with E-state index in [1.165, 1.54) is 0 Å². The van der Waals surface area contributed by atoms with Crippen molar-refractivity contribution in [2.75, 3.05) is 0 Å². The summed E-state index contributed by atoms with van der Waals surface area (Å²) in [6.07, 6.45) is 1.06. The number of rotatable bonds is 4. The van der Waals surface area contributed by atoms with Crippen LogP contribution in [0.4, 0.5) is 0 Å². The first kappa shape index (κ1) is 14.4. The SMILES string of the molecule is O=C(O)CCC(=O)NNC(=O)c1cc2ccccc2cn1. The van der Waals surface area contributed by atoms with Crippen molar-refractivity contribution in [2.24, 2.45) is 0 Å². The van der Waals surface area contributed by atoms with Crippen molar-refractivity contribution in [3.8, 4) is 0 Å². The molecule has 0 aliphatic heterocycles. The summed E-state index contributed by atoms with van der Waals surface area (Å²) >= 11 is 0. The van der Waals surface area contributed by atoms with Crippen LogP contribution in [0.25, 0.3) is 10.8 Å². The van der Waals surface area contributed by atoms with Crippen LogP contribution in [-0.2, 0) is 9.59 Å². The zero-order valence-electron chi connectivity index (χ0n) is 11.0. The van der Waals surface area contributed by atoms with Crippen molar-refractivity contribution >= 4 is 28.6 Å². The summed E-state index contributed by atoms with van der Waals surface area (Å²) in [4.78, 5) is 37.4. The average Bonchev–Trinajstić information content (AvgIpc) is 2.50. The Morgan fingerprint density at radius 1 is 1.05 bits per heavy atom. The van der Waals surface area contributed by atoms with Crippen molar-refractivity contribution in [3.63, 3.8) is 0 Å². The molecule has 1 aromatic heterocycles. The minimum Gasteiger partial charge on any atom is -0.481 e. The van der Waals surface area contributed by atoms with Crippen LogP contribution in [0.15, 0.2) is 36.5 Å². The highest BCUT2D eigenvalue weighted by molar-refractivity contribution is 5.97. The molecule has 0 aliphatic carbocycles. The van der Waals surface area contributed by atoms with Gasteiger partial charge in [-0.25, -0.2) is 0 Å². The number of amides is 2. The molecule has 2 amide bonds. The zero-order chi connectivity index (χ0) is 15.2. The highest BCUT2D eigenvalue weighted by Gasteiger charge is 2.10. The number of fused-ring (bicyclic) bond motifs is 1. The Bertz CT molecular complexity index is 699. The van der Waals surface area contributed by atoms with Crippen LogP contribution in [-0.4, -0.2) is 27.9 Å². The summed E-state index contributed by atoms with van der Waals surface area (Å²) in [5, 5.41) is 10.2. The molecule has 108 valence electrons. The Kier molecular flexibility index (Phi) is 4.45. The van der Waals surface area contributed by atoms with Crippen molar-refractivity contribution in [2.45, 2.75) is 12.8 Å². The van der Waals surface area contributed by atoms with E-state index in [-0.39, 0.29) is 18.5 Å². The number of carboxylic acid groups (broad SMARTS) is 1. The van der Waals surface area contributed by atoms with E-state index in [1.807, 2.05) is 24.3 Å². The molecule has 3 N–H and O–H groups in total. The van der Waals surface area contributed by atoms with E-state index in [2.05, 4.69) is 15.8 Å². The minimum atomic E-state index is -1.08. The monoisotopic (exact) mass is 287 g/mol. The number of hydrazine groups is 1. The van der Waals surface area contributed by atoms with Crippen LogP contribution in [0.2, 0.25) is 0 Å². The second-order valence-electron chi connectivity index (χ2n) is 4.31. The number of nitrogens with zero attached hydrogens (tertiary/aromatic N) is 1. The Morgan fingerprint density at radius 3 is 2.48 bits per heavy atom. The van der Waals surface area contributed by atoms with E-state index >= 15 is 0 Å². The summed E-state index contributed by atoms with van der Waals surface area (Å²) in [5.74, 6) is -2.22. The quantitative estimate of drug-likeness (QED) is 0.723. The second kappa shape index (κ2) is 6.47. The van der Waals surface area contributed by atoms with E-state index in [0.29, 0.717) is 0 Å². The molecule has 21 heavy (non-hydrogen) atoms. The summed E-state index contributed by atoms with van der Waals surface area (Å²) in [7, 11) is 0. The van der Waals surface area contributed by atoms with Crippen molar-refractivity contribution < 1.29 is 19.5 Å². The third-order valence-electron chi connectivity index (χ3n) is 2.74. The number of nitrogens with one attached hydrogen (secondary N) is 2. The molecular formula is C14H13N3O4. The van der Waals surface area contributed by atoms with Crippen LogP contribution in [0.1, 0.15) is 23.3 Å². The van der Waals surface area contributed by atoms with E-state index < -0.39 is 17.8 Å². The van der Waals surface area contributed by atoms with Crippen LogP contribution in [0.3, 0.4) is 0 Å². The number of carbonyl (C=O) groups is 3. The molecule has 0 saturated carbocycles. The molecule has 0 bridgehead atoms. The van der Waals surface area contributed by atoms with Gasteiger partial charge in [-0.3, -0.25) is 30.2 Å². The molecule has 0 fully saturated rings. The lowest BCUT2D eigenvalue weighted by Crippen LogP contribution is -2.42. The Morgan fingerprint density at radius 2 is 1.76 bits per heavy atom. The maximum Gasteiger partial charge on any atom is 0.303 e. The maximum absolute atomic E-state index is 11.8. The van der Waals surface area contributed by atoms with Crippen molar-refractivity contribution in [3.05, 3.63) is 42.2 Å². The number of carbonyl (C=O) groups excluding carboxylic acids is 2. The summed E-state index contributed by atoms with van der Waals surface area (Å²) in [6.45, 7) is 0. The number of benzene rings is 1. The number of hydrogen-bond donors (Lipinski definition) is 3. The lowest BCUT2D eigenvalue weighted by Gasteiger charge is -2.06. The first-order chi connectivity index (χ1) is 10.1. The molecule has 2 aromatic rings. The number of pyridine rings is 1. The van der Waals surface area contributed by atoms with Gasteiger partial charge in [-0.1, -0.05) is 24.3 Å². The van der Waals surface area contributed by atoms with Crippen molar-refractivity contribution in [1.82, 2.24) is 15.8 Å². The van der Waals surface area contributed by atoms with Crippen LogP contribution < -0.4 is 10.9 Å². The average molecular weight is 287 g/mol. The predicted molar refractivity (Wildman–Crippen MR) is 74.2 cm³/mol. The minimum absolute atomic E-state index is 0.159. The topological polar surface area (TPSA) is 108 Å². The van der Waals surface area contributed by atoms with Crippen molar-refractivity contribution in [1.29, 1.82) is 0 Å². The molecule has 0 saturated heterocycles. The van der Waals surface area contributed by atoms with Gasteiger partial charge in [0.25, 0.3) is 5.91 Å². The van der Waals surface area contributed by atoms with Crippen LogP contribution in [0, 0.1) is 0 Å². The Hall–Kier alpha value is -2.96. The standard InChI is InChI=1S/C14H13N3O4/c18-12(5-6-13(19)20)16-17-14(21)11-7-9-3-1-2-4-10(9)8-15-11/h1-4,7-8H,5-6H2,(H,16,18)(H,17,21)(H,19,20). The highest BCUT2D eigenvalue weighted by Crippen LogP contribution is 2.12. The highest BCUT2D eigenvalue weighted by atomic mass is 16.4. The summed E-state index contributed by atoms with van der Waals surface area (Å²) < 4.78 is 0. The van der Waals surface area contributed by atoms with Gasteiger partial charge in [0.05, 0.1) is 6.42 Å². The molecule has 1 aromatic carbocycles. The van der Waals surface area contributed by atoms with Gasteiger partial charge in [0.15, 0.2) is 0 Å². The maximum atomic E-state index is 11.8. The first-order valence-electron chi connectivity index (χ1n) is 6.22. The second-order valence-corrected chi connectivity index (χ2v) is 4.31. The van der Waals surface area contributed by atoms with Gasteiger partial charge < -0.3 is 5.11 Å². The van der Waals surface area contributed by atoms with E-state index in [1.54, 1.807) is 12.3 Å². The van der Waals surface area contributed by atoms with E-state index in [9.17, 15) is 14.4 Å². The van der Waals surface area contributed by atoms with Gasteiger partial charge in [0.1, 0.15) is 5.69 Å². The van der Waals surface area contributed by atoms with Crippen LogP contribution in [0.5, 0.6) is 0 Å². The van der Waals surface area contributed by atoms with Crippen LogP contribution >= 0.6 is 0 Å². The normalized spacial score (nSPS) is 10.1. The molecule has 0 unspecified atom stereocenters. The molecule has 0 radical (unpaired) electrons. The van der Waals surface area contributed by atoms with E-state index in [4.69, 9.17) is 5.11 Å². The van der Waals surface area contributed by atoms with Gasteiger partial charge in [0, 0.05) is 18.0 Å². The van der Waals surface area contributed by atoms with Gasteiger partial charge in [-0.15, -0.1) is 0 Å². The fraction of sp³-hybridized carbons (Fsp3) is 0.143. The van der Waals surface area contributed by atoms with E-state index in [0.717, 1.165) is 10.8 Å². The largest absolute Gasteiger partial charge is 0.481 e. The first-order valence-corrected chi connectivity index (χ1v) is 6.22. The lowest BCUT2D eigenvalue weighted by molar-refractivity contribution is -0.138. The molecule has 1 heterocycles.